The van der Waals surface area contributed by atoms with Crippen molar-refractivity contribution in [1.29, 1.82) is 5.26 Å². The minimum absolute atomic E-state index is 0.117. The first-order chi connectivity index (χ1) is 15.0. The minimum atomic E-state index is -0.989. The van der Waals surface area contributed by atoms with E-state index in [1.54, 1.807) is 12.1 Å². The molecule has 3 rings (SSSR count). The number of carbonyl (C=O) groups excluding carboxylic acids is 1. The average molecular weight is 415 g/mol. The average Bonchev–Trinajstić information content (AvgIpc) is 2.83. The van der Waals surface area contributed by atoms with Crippen LogP contribution in [0.4, 0.5) is 0 Å². The van der Waals surface area contributed by atoms with Gasteiger partial charge in [-0.1, -0.05) is 49.0 Å². The van der Waals surface area contributed by atoms with Crippen LogP contribution in [0.5, 0.6) is 5.75 Å². The number of carboxylic acids is 1. The van der Waals surface area contributed by atoms with Crippen LogP contribution >= 0.6 is 0 Å². The predicted molar refractivity (Wildman–Crippen MR) is 117 cm³/mol. The molecule has 0 fully saturated rings. The number of nitrogens with zero attached hydrogens (tertiary/aromatic N) is 1. The monoisotopic (exact) mass is 415 g/mol. The fraction of sp³-hybridized carbons (Fsp3) is 0.0800. The lowest BCUT2D eigenvalue weighted by Gasteiger charge is -2.06. The summed E-state index contributed by atoms with van der Waals surface area (Å²) in [7, 11) is 0. The molecule has 3 aromatic carbocycles. The summed E-state index contributed by atoms with van der Waals surface area (Å²) in [6.45, 7) is 3.57. The van der Waals surface area contributed by atoms with Crippen molar-refractivity contribution in [2.45, 2.75) is 0 Å². The van der Waals surface area contributed by atoms with Gasteiger partial charge in [0.2, 0.25) is 0 Å². The van der Waals surface area contributed by atoms with Gasteiger partial charge in [0.25, 0.3) is 0 Å². The van der Waals surface area contributed by atoms with Crippen molar-refractivity contribution in [3.8, 4) is 22.9 Å². The zero-order chi connectivity index (χ0) is 22.5. The zero-order valence-electron chi connectivity index (χ0n) is 16.7. The summed E-state index contributed by atoms with van der Waals surface area (Å²) in [5.41, 5.74) is 3.21. The molecule has 1 N–H and O–H groups in total. The van der Waals surface area contributed by atoms with E-state index in [4.69, 9.17) is 19.8 Å². The number of nitriles is 1. The molecule has 0 atom stereocenters. The van der Waals surface area contributed by atoms with Crippen LogP contribution in [0.15, 0.2) is 91.5 Å². The van der Waals surface area contributed by atoms with Crippen molar-refractivity contribution in [3.05, 3.63) is 103 Å². The van der Waals surface area contributed by atoms with Crippen LogP contribution < -0.4 is 4.74 Å². The van der Waals surface area contributed by atoms with Crippen molar-refractivity contribution in [2.75, 3.05) is 13.2 Å². The van der Waals surface area contributed by atoms with Gasteiger partial charge in [0, 0.05) is 6.08 Å². The van der Waals surface area contributed by atoms with E-state index in [0.29, 0.717) is 11.3 Å². The Morgan fingerprint density at radius 2 is 1.52 bits per heavy atom. The van der Waals surface area contributed by atoms with Crippen molar-refractivity contribution < 1.29 is 24.2 Å². The second-order valence-corrected chi connectivity index (χ2v) is 6.10. The first-order valence-corrected chi connectivity index (χ1v) is 9.34. The van der Waals surface area contributed by atoms with Crippen LogP contribution in [-0.2, 0) is 9.53 Å². The van der Waals surface area contributed by atoms with Crippen LogP contribution in [0.1, 0.15) is 15.9 Å². The summed E-state index contributed by atoms with van der Waals surface area (Å²) in [6, 6.07) is 25.8. The van der Waals surface area contributed by atoms with E-state index in [0.717, 1.165) is 11.6 Å². The molecular weight excluding hydrogens is 394 g/mol. The third-order valence-corrected chi connectivity index (χ3v) is 3.99. The van der Waals surface area contributed by atoms with Gasteiger partial charge in [-0.25, -0.2) is 9.59 Å². The number of benzene rings is 3. The van der Waals surface area contributed by atoms with Crippen molar-refractivity contribution in [1.82, 2.24) is 0 Å². The lowest BCUT2D eigenvalue weighted by Crippen LogP contribution is -2.10. The molecule has 31 heavy (non-hydrogen) atoms. The Kier molecular flexibility index (Phi) is 9.05. The Morgan fingerprint density at radius 3 is 2.06 bits per heavy atom. The molecule has 0 aliphatic carbocycles. The normalized spacial score (nSPS) is 9.39. The summed E-state index contributed by atoms with van der Waals surface area (Å²) in [5, 5.41) is 17.3. The maximum atomic E-state index is 10.7. The van der Waals surface area contributed by atoms with Gasteiger partial charge in [-0.15, -0.1) is 0 Å². The van der Waals surface area contributed by atoms with Gasteiger partial charge in [-0.05, 0) is 47.5 Å². The van der Waals surface area contributed by atoms with Gasteiger partial charge in [0.15, 0.2) is 0 Å². The molecule has 0 saturated carbocycles. The SMILES string of the molecule is C=CC(=O)OCCOc1ccc(C(=O)O)cc1.N#Cc1ccc(-c2ccccc2)cc1. The Morgan fingerprint density at radius 1 is 0.903 bits per heavy atom. The van der Waals surface area contributed by atoms with Gasteiger partial charge in [0.05, 0.1) is 17.2 Å². The molecular formula is C25H21NO5. The highest BCUT2D eigenvalue weighted by molar-refractivity contribution is 5.87. The third-order valence-electron chi connectivity index (χ3n) is 3.99. The lowest BCUT2D eigenvalue weighted by atomic mass is 10.0. The van der Waals surface area contributed by atoms with Gasteiger partial charge in [0.1, 0.15) is 19.0 Å². The molecule has 0 aliphatic rings. The van der Waals surface area contributed by atoms with Crippen molar-refractivity contribution in [3.63, 3.8) is 0 Å². The number of esters is 1. The molecule has 0 bridgehead atoms. The van der Waals surface area contributed by atoms with Crippen LogP contribution in [0.2, 0.25) is 0 Å². The summed E-state index contributed by atoms with van der Waals surface area (Å²) in [5.74, 6) is -0.976. The van der Waals surface area contributed by atoms with Crippen LogP contribution in [-0.4, -0.2) is 30.3 Å². The Hall–Kier alpha value is -4.37. The number of hydrogen-bond acceptors (Lipinski definition) is 5. The molecule has 6 heteroatoms. The molecule has 0 aromatic heterocycles. The highest BCUT2D eigenvalue weighted by atomic mass is 16.6. The first kappa shape index (κ1) is 22.9. The maximum absolute atomic E-state index is 10.7. The standard InChI is InChI=1S/C13H9N.C12H12O5/c14-10-11-6-8-13(9-7-11)12-4-2-1-3-5-12;1-2-11(13)17-8-7-16-10-5-3-9(4-6-10)12(14)15/h1-9H;2-6H,1,7-8H2,(H,14,15). The molecule has 0 aliphatic heterocycles. The summed E-state index contributed by atoms with van der Waals surface area (Å²) in [6.07, 6.45) is 1.07. The molecule has 3 aromatic rings. The van der Waals surface area contributed by atoms with Gasteiger partial charge in [-0.3, -0.25) is 0 Å². The Bertz CT molecular complexity index is 1040. The quantitative estimate of drug-likeness (QED) is 0.341. The zero-order valence-corrected chi connectivity index (χ0v) is 16.7. The van der Waals surface area contributed by atoms with E-state index in [2.05, 4.69) is 24.8 Å². The topological polar surface area (TPSA) is 96.6 Å². The van der Waals surface area contributed by atoms with E-state index < -0.39 is 11.9 Å². The predicted octanol–water partition coefficient (Wildman–Crippen LogP) is 4.72. The summed E-state index contributed by atoms with van der Waals surface area (Å²) in [4.78, 5) is 21.3. The summed E-state index contributed by atoms with van der Waals surface area (Å²) >= 11 is 0. The largest absolute Gasteiger partial charge is 0.490 e. The Balaban J connectivity index is 0.000000224. The van der Waals surface area contributed by atoms with E-state index >= 15 is 0 Å². The molecule has 6 nitrogen and oxygen atoms in total. The van der Waals surface area contributed by atoms with E-state index in [1.165, 1.54) is 17.7 Å². The molecule has 0 saturated heterocycles. The van der Waals surface area contributed by atoms with Crippen molar-refractivity contribution in [2.24, 2.45) is 0 Å². The lowest BCUT2D eigenvalue weighted by molar-refractivity contribution is -0.138. The van der Waals surface area contributed by atoms with Crippen LogP contribution in [0, 0.1) is 11.3 Å². The van der Waals surface area contributed by atoms with Crippen LogP contribution in [0.25, 0.3) is 11.1 Å². The molecule has 0 heterocycles. The number of carbonyl (C=O) groups is 2. The maximum Gasteiger partial charge on any atom is 0.335 e. The minimum Gasteiger partial charge on any atom is -0.490 e. The molecule has 0 spiro atoms. The van der Waals surface area contributed by atoms with Gasteiger partial charge < -0.3 is 14.6 Å². The van der Waals surface area contributed by atoms with Gasteiger partial charge >= 0.3 is 11.9 Å². The smallest absolute Gasteiger partial charge is 0.335 e. The second-order valence-electron chi connectivity index (χ2n) is 6.10. The van der Waals surface area contributed by atoms with Crippen molar-refractivity contribution >= 4 is 11.9 Å². The molecule has 0 radical (unpaired) electrons. The highest BCUT2D eigenvalue weighted by Crippen LogP contribution is 2.18. The molecule has 156 valence electrons. The number of rotatable bonds is 7. The third kappa shape index (κ3) is 7.87. The van der Waals surface area contributed by atoms with Crippen LogP contribution in [0.3, 0.4) is 0 Å². The van der Waals surface area contributed by atoms with E-state index in [-0.39, 0.29) is 18.8 Å². The number of hydrogen-bond donors (Lipinski definition) is 1. The van der Waals surface area contributed by atoms with Gasteiger partial charge in [-0.2, -0.15) is 5.26 Å². The first-order valence-electron chi connectivity index (χ1n) is 9.34. The van der Waals surface area contributed by atoms with E-state index in [1.807, 2.05) is 42.5 Å². The number of ether oxygens (including phenoxy) is 2. The Labute approximate surface area is 180 Å². The second kappa shape index (κ2) is 12.2. The fourth-order valence-electron chi connectivity index (χ4n) is 2.42. The summed E-state index contributed by atoms with van der Waals surface area (Å²) < 4.78 is 9.93. The highest BCUT2D eigenvalue weighted by Gasteiger charge is 2.02. The number of carboxylic acid groups (broad SMARTS) is 1. The molecule has 0 amide bonds. The van der Waals surface area contributed by atoms with E-state index in [9.17, 15) is 9.59 Å². The fourth-order valence-corrected chi connectivity index (χ4v) is 2.42. The number of aromatic carboxylic acids is 1. The molecule has 0 unspecified atom stereocenters.